The number of rotatable bonds is 8. The van der Waals surface area contributed by atoms with Gasteiger partial charge in [-0.2, -0.15) is 0 Å². The second kappa shape index (κ2) is 9.32. The van der Waals surface area contributed by atoms with E-state index in [0.29, 0.717) is 11.3 Å². The Bertz CT molecular complexity index is 664. The molecule has 1 amide bonds. The third-order valence-electron chi connectivity index (χ3n) is 3.02. The second-order valence-corrected chi connectivity index (χ2v) is 9.44. The van der Waals surface area contributed by atoms with Gasteiger partial charge in [0.25, 0.3) is 0 Å². The number of benzene rings is 1. The van der Waals surface area contributed by atoms with Crippen LogP contribution in [0.4, 0.5) is 4.79 Å². The Kier molecular flexibility index (Phi) is 8.02. The van der Waals surface area contributed by atoms with Gasteiger partial charge in [0.1, 0.15) is 17.4 Å². The molecular formula is C16H24NO7PS. The lowest BCUT2D eigenvalue weighted by molar-refractivity contribution is -0.139. The van der Waals surface area contributed by atoms with Crippen molar-refractivity contribution in [2.45, 2.75) is 38.8 Å². The third kappa shape index (κ3) is 7.70. The first-order valence-corrected chi connectivity index (χ1v) is 10.3. The molecule has 1 atom stereocenters. The standard InChI is InChI=1S/C16H24NO7PS/c1-16(2,3)23-15(20)17-13(14(18)19)10-11-6-8-12(9-7-11)24-25(26,21-4)22-5/h6-9,13H,10H2,1-5H3,(H,17,20)(H,18,19)/t13-/m0/s1. The van der Waals surface area contributed by atoms with E-state index in [4.69, 9.17) is 30.1 Å². The molecule has 0 fully saturated rings. The molecule has 10 heteroatoms. The van der Waals surface area contributed by atoms with E-state index in [9.17, 15) is 14.7 Å². The van der Waals surface area contributed by atoms with E-state index in [1.165, 1.54) is 14.2 Å². The van der Waals surface area contributed by atoms with Crippen LogP contribution in [0.1, 0.15) is 26.3 Å². The van der Waals surface area contributed by atoms with Crippen molar-refractivity contribution in [3.05, 3.63) is 29.8 Å². The Morgan fingerprint density at radius 3 is 2.15 bits per heavy atom. The number of ether oxygens (including phenoxy) is 1. The average Bonchev–Trinajstić information content (AvgIpc) is 2.54. The Balaban J connectivity index is 2.77. The summed E-state index contributed by atoms with van der Waals surface area (Å²) in [5, 5.41) is 11.7. The zero-order valence-corrected chi connectivity index (χ0v) is 17.1. The topological polar surface area (TPSA) is 103 Å². The van der Waals surface area contributed by atoms with Gasteiger partial charge in [0, 0.05) is 32.4 Å². The van der Waals surface area contributed by atoms with Gasteiger partial charge in [-0.05, 0) is 38.5 Å². The molecule has 0 aliphatic carbocycles. The molecule has 0 bridgehead atoms. The molecule has 0 spiro atoms. The lowest BCUT2D eigenvalue weighted by Crippen LogP contribution is -2.44. The molecule has 0 aliphatic rings. The second-order valence-electron chi connectivity index (χ2n) is 6.29. The van der Waals surface area contributed by atoms with Crippen LogP contribution in [0, 0.1) is 0 Å². The highest BCUT2D eigenvalue weighted by Gasteiger charge is 2.24. The molecular weight excluding hydrogens is 381 g/mol. The molecule has 1 aromatic carbocycles. The van der Waals surface area contributed by atoms with Crippen LogP contribution in [0.25, 0.3) is 0 Å². The summed E-state index contributed by atoms with van der Waals surface area (Å²) in [5.74, 6) is -0.724. The predicted molar refractivity (Wildman–Crippen MR) is 99.9 cm³/mol. The van der Waals surface area contributed by atoms with Crippen molar-refractivity contribution in [2.75, 3.05) is 14.2 Å². The van der Waals surface area contributed by atoms with Crippen LogP contribution in [0.15, 0.2) is 24.3 Å². The molecule has 0 aliphatic heterocycles. The van der Waals surface area contributed by atoms with Crippen molar-refractivity contribution in [3.63, 3.8) is 0 Å². The molecule has 1 aromatic rings. The molecule has 8 nitrogen and oxygen atoms in total. The van der Waals surface area contributed by atoms with Gasteiger partial charge in [0.15, 0.2) is 0 Å². The minimum absolute atomic E-state index is 0.0809. The van der Waals surface area contributed by atoms with Crippen LogP contribution < -0.4 is 9.84 Å². The summed E-state index contributed by atoms with van der Waals surface area (Å²) in [7, 11) is 2.80. The summed E-state index contributed by atoms with van der Waals surface area (Å²) in [4.78, 5) is 23.2. The molecule has 26 heavy (non-hydrogen) atoms. The van der Waals surface area contributed by atoms with E-state index >= 15 is 0 Å². The minimum Gasteiger partial charge on any atom is -0.480 e. The number of amides is 1. The summed E-state index contributed by atoms with van der Waals surface area (Å²) in [6, 6.07) is 5.47. The maximum Gasteiger partial charge on any atom is 0.408 e. The summed E-state index contributed by atoms with van der Waals surface area (Å²) in [6.07, 6.45) is -0.705. The molecule has 0 saturated carbocycles. The maximum absolute atomic E-state index is 11.8. The maximum atomic E-state index is 11.8. The highest BCUT2D eigenvalue weighted by atomic mass is 32.5. The number of carboxylic acid groups (broad SMARTS) is 1. The van der Waals surface area contributed by atoms with E-state index in [1.54, 1.807) is 45.0 Å². The quantitative estimate of drug-likeness (QED) is 0.636. The van der Waals surface area contributed by atoms with Gasteiger partial charge < -0.3 is 28.7 Å². The van der Waals surface area contributed by atoms with Crippen molar-refractivity contribution in [3.8, 4) is 5.75 Å². The largest absolute Gasteiger partial charge is 0.480 e. The van der Waals surface area contributed by atoms with Gasteiger partial charge in [-0.3, -0.25) is 0 Å². The van der Waals surface area contributed by atoms with Crippen LogP contribution >= 0.6 is 6.72 Å². The summed E-state index contributed by atoms with van der Waals surface area (Å²) < 4.78 is 20.7. The average molecular weight is 405 g/mol. The number of carbonyl (C=O) groups is 2. The summed E-state index contributed by atoms with van der Waals surface area (Å²) >= 11 is 5.12. The molecule has 146 valence electrons. The lowest BCUT2D eigenvalue weighted by atomic mass is 10.1. The Morgan fingerprint density at radius 1 is 1.19 bits per heavy atom. The van der Waals surface area contributed by atoms with Crippen LogP contribution in [0.2, 0.25) is 0 Å². The summed E-state index contributed by atoms with van der Waals surface area (Å²) in [5.41, 5.74) is -0.0294. The van der Waals surface area contributed by atoms with Crippen molar-refractivity contribution in [2.24, 2.45) is 0 Å². The first-order chi connectivity index (χ1) is 12.0. The van der Waals surface area contributed by atoms with Crippen molar-refractivity contribution < 1.29 is 33.0 Å². The first kappa shape index (κ1) is 22.4. The Hall–Kier alpha value is -1.67. The Morgan fingerprint density at radius 2 is 1.73 bits per heavy atom. The number of carbonyl (C=O) groups excluding carboxylic acids is 1. The van der Waals surface area contributed by atoms with Gasteiger partial charge in [-0.15, -0.1) is 0 Å². The van der Waals surface area contributed by atoms with Gasteiger partial charge in [-0.25, -0.2) is 9.59 Å². The van der Waals surface area contributed by atoms with Crippen LogP contribution in [-0.2, 0) is 36.8 Å². The smallest absolute Gasteiger partial charge is 0.408 e. The van der Waals surface area contributed by atoms with Crippen LogP contribution in [-0.4, -0.2) is 43.0 Å². The number of hydrogen-bond acceptors (Lipinski definition) is 7. The zero-order valence-electron chi connectivity index (χ0n) is 15.3. The van der Waals surface area contributed by atoms with Gasteiger partial charge >= 0.3 is 18.8 Å². The van der Waals surface area contributed by atoms with E-state index < -0.39 is 30.4 Å². The predicted octanol–water partition coefficient (Wildman–Crippen LogP) is 3.10. The highest BCUT2D eigenvalue weighted by Crippen LogP contribution is 2.48. The number of carboxylic acids is 1. The first-order valence-electron chi connectivity index (χ1n) is 7.70. The SMILES string of the molecule is COP(=S)(OC)Oc1ccc(C[C@H](NC(=O)OC(C)(C)C)C(=O)O)cc1. The molecule has 0 saturated heterocycles. The van der Waals surface area contributed by atoms with Crippen LogP contribution in [0.3, 0.4) is 0 Å². The Labute approximate surface area is 158 Å². The number of aliphatic carboxylic acids is 1. The fourth-order valence-corrected chi connectivity index (χ4v) is 2.79. The van der Waals surface area contributed by atoms with Gasteiger partial charge in [0.05, 0.1) is 0 Å². The van der Waals surface area contributed by atoms with Gasteiger partial charge in [-0.1, -0.05) is 12.1 Å². The van der Waals surface area contributed by atoms with E-state index in [2.05, 4.69) is 5.32 Å². The van der Waals surface area contributed by atoms with Crippen molar-refractivity contribution in [1.82, 2.24) is 5.32 Å². The normalized spacial score (nSPS) is 13.0. The monoisotopic (exact) mass is 405 g/mol. The molecule has 0 unspecified atom stereocenters. The zero-order chi connectivity index (χ0) is 20.0. The third-order valence-corrected chi connectivity index (χ3v) is 5.46. The van der Waals surface area contributed by atoms with Crippen molar-refractivity contribution in [1.29, 1.82) is 0 Å². The fourth-order valence-electron chi connectivity index (χ4n) is 1.85. The number of hydrogen-bond donors (Lipinski definition) is 2. The van der Waals surface area contributed by atoms with Gasteiger partial charge in [0.2, 0.25) is 0 Å². The van der Waals surface area contributed by atoms with Crippen molar-refractivity contribution >= 4 is 30.6 Å². The molecule has 0 heterocycles. The molecule has 0 aromatic heterocycles. The van der Waals surface area contributed by atoms with Crippen LogP contribution in [0.5, 0.6) is 5.75 Å². The minimum atomic E-state index is -2.83. The van der Waals surface area contributed by atoms with E-state index in [1.807, 2.05) is 0 Å². The lowest BCUT2D eigenvalue weighted by Gasteiger charge is -2.22. The number of alkyl carbamates (subject to hydrolysis) is 1. The molecule has 1 rings (SSSR count). The number of nitrogens with one attached hydrogen (secondary N) is 1. The van der Waals surface area contributed by atoms with E-state index in [-0.39, 0.29) is 6.42 Å². The summed E-state index contributed by atoms with van der Waals surface area (Å²) in [6.45, 7) is 2.26. The molecule has 0 radical (unpaired) electrons. The molecule has 2 N–H and O–H groups in total. The highest BCUT2D eigenvalue weighted by molar-refractivity contribution is 8.07. The fraction of sp³-hybridized carbons (Fsp3) is 0.500. The van der Waals surface area contributed by atoms with E-state index in [0.717, 1.165) is 0 Å².